The van der Waals surface area contributed by atoms with Crippen LogP contribution < -0.4 is 10.6 Å². The van der Waals surface area contributed by atoms with Crippen LogP contribution in [0, 0.1) is 5.92 Å². The van der Waals surface area contributed by atoms with Gasteiger partial charge in [0.2, 0.25) is 0 Å². The Bertz CT molecular complexity index is 586. The van der Waals surface area contributed by atoms with Crippen LogP contribution >= 0.6 is 11.6 Å². The summed E-state index contributed by atoms with van der Waals surface area (Å²) in [5.41, 5.74) is 0.604. The van der Waals surface area contributed by atoms with Crippen LogP contribution in [0.1, 0.15) is 29.6 Å². The number of nitrogens with zero attached hydrogens (tertiary/aromatic N) is 2. The molecule has 0 aliphatic carbocycles. The largest absolute Gasteiger partial charge is 0.381 e. The zero-order valence-corrected chi connectivity index (χ0v) is 16.4. The van der Waals surface area contributed by atoms with E-state index in [4.69, 9.17) is 16.3 Å². The predicted octanol–water partition coefficient (Wildman–Crippen LogP) is 2.39. The third-order valence-corrected chi connectivity index (χ3v) is 4.84. The lowest BCUT2D eigenvalue weighted by Crippen LogP contribution is -2.43. The molecular formula is C19H29ClN4O2. The molecule has 1 fully saturated rings. The van der Waals surface area contributed by atoms with Crippen molar-refractivity contribution in [3.8, 4) is 0 Å². The minimum Gasteiger partial charge on any atom is -0.381 e. The number of carbonyl (C=O) groups excluding carboxylic acids is 1. The van der Waals surface area contributed by atoms with Gasteiger partial charge >= 0.3 is 0 Å². The molecular weight excluding hydrogens is 352 g/mol. The average molecular weight is 381 g/mol. The molecule has 0 spiro atoms. The molecule has 1 amide bonds. The van der Waals surface area contributed by atoms with E-state index in [-0.39, 0.29) is 5.91 Å². The fraction of sp³-hybridized carbons (Fsp3) is 0.579. The van der Waals surface area contributed by atoms with Gasteiger partial charge in [0, 0.05) is 57.5 Å². The van der Waals surface area contributed by atoms with Crippen LogP contribution in [0.5, 0.6) is 0 Å². The van der Waals surface area contributed by atoms with Crippen LogP contribution in [0.15, 0.2) is 29.3 Å². The molecule has 2 rings (SSSR count). The molecule has 6 nitrogen and oxygen atoms in total. The molecule has 0 saturated carbocycles. The summed E-state index contributed by atoms with van der Waals surface area (Å²) in [7, 11) is 3.82. The maximum atomic E-state index is 12.0. The molecule has 0 atom stereocenters. The number of halogens is 1. The molecule has 1 aliphatic heterocycles. The lowest BCUT2D eigenvalue weighted by Gasteiger charge is -2.26. The number of rotatable bonds is 7. The molecule has 1 aromatic rings. The van der Waals surface area contributed by atoms with Crippen molar-refractivity contribution in [3.05, 3.63) is 34.9 Å². The highest BCUT2D eigenvalue weighted by Crippen LogP contribution is 2.18. The first kappa shape index (κ1) is 20.5. The molecule has 1 heterocycles. The molecule has 0 radical (unpaired) electrons. The minimum atomic E-state index is -0.105. The van der Waals surface area contributed by atoms with Crippen molar-refractivity contribution in [1.82, 2.24) is 15.5 Å². The maximum absolute atomic E-state index is 12.0. The van der Waals surface area contributed by atoms with Crippen LogP contribution in [-0.2, 0) is 4.74 Å². The number of hydrogen-bond donors (Lipinski definition) is 2. The Kier molecular flexibility index (Phi) is 8.71. The van der Waals surface area contributed by atoms with E-state index >= 15 is 0 Å². The second-order valence-electron chi connectivity index (χ2n) is 6.50. The fourth-order valence-electron chi connectivity index (χ4n) is 2.96. The van der Waals surface area contributed by atoms with Gasteiger partial charge < -0.3 is 20.3 Å². The summed E-state index contributed by atoms with van der Waals surface area (Å²) in [6.45, 7) is 3.87. The van der Waals surface area contributed by atoms with Gasteiger partial charge in [0.05, 0.1) is 0 Å². The number of aliphatic imine (C=N–C) groups is 1. The van der Waals surface area contributed by atoms with Crippen LogP contribution in [0.2, 0.25) is 5.02 Å². The van der Waals surface area contributed by atoms with Crippen LogP contribution in [0.25, 0.3) is 0 Å². The lowest BCUT2D eigenvalue weighted by atomic mass is 9.96. The predicted molar refractivity (Wildman–Crippen MR) is 106 cm³/mol. The first-order valence-corrected chi connectivity index (χ1v) is 9.51. The average Bonchev–Trinajstić information content (AvgIpc) is 2.67. The van der Waals surface area contributed by atoms with Gasteiger partial charge in [-0.15, -0.1) is 0 Å². The zero-order chi connectivity index (χ0) is 18.8. The maximum Gasteiger partial charge on any atom is 0.251 e. The van der Waals surface area contributed by atoms with Crippen molar-refractivity contribution < 1.29 is 9.53 Å². The molecule has 2 N–H and O–H groups in total. The third-order valence-electron chi connectivity index (χ3n) is 4.59. The van der Waals surface area contributed by atoms with Crippen LogP contribution in [0.3, 0.4) is 0 Å². The molecule has 144 valence electrons. The lowest BCUT2D eigenvalue weighted by molar-refractivity contribution is 0.0625. The third kappa shape index (κ3) is 6.84. The van der Waals surface area contributed by atoms with Gasteiger partial charge in [-0.2, -0.15) is 0 Å². The van der Waals surface area contributed by atoms with Gasteiger partial charge in [-0.25, -0.2) is 0 Å². The van der Waals surface area contributed by atoms with Crippen molar-refractivity contribution in [3.63, 3.8) is 0 Å². The SMILES string of the molecule is CN=C(NCCNC(=O)c1ccc(Cl)cc1)N(C)CCC1CCOCC1. The highest BCUT2D eigenvalue weighted by Gasteiger charge is 2.15. The second kappa shape index (κ2) is 11.0. The molecule has 0 aromatic heterocycles. The molecule has 1 aromatic carbocycles. The van der Waals surface area contributed by atoms with Gasteiger partial charge in [-0.05, 0) is 49.4 Å². The van der Waals surface area contributed by atoms with Gasteiger partial charge in [-0.1, -0.05) is 11.6 Å². The Morgan fingerprint density at radius 2 is 1.88 bits per heavy atom. The Labute approximate surface area is 161 Å². The van der Waals surface area contributed by atoms with Crippen molar-refractivity contribution in [1.29, 1.82) is 0 Å². The highest BCUT2D eigenvalue weighted by molar-refractivity contribution is 6.30. The van der Waals surface area contributed by atoms with Crippen molar-refractivity contribution >= 4 is 23.5 Å². The first-order chi connectivity index (χ1) is 12.6. The van der Waals surface area contributed by atoms with E-state index in [9.17, 15) is 4.79 Å². The molecule has 1 aliphatic rings. The molecule has 1 saturated heterocycles. The number of nitrogens with one attached hydrogen (secondary N) is 2. The van der Waals surface area contributed by atoms with Crippen LogP contribution in [-0.4, -0.2) is 63.7 Å². The van der Waals surface area contributed by atoms with Crippen LogP contribution in [0.4, 0.5) is 0 Å². The minimum absolute atomic E-state index is 0.105. The number of amides is 1. The molecule has 7 heteroatoms. The van der Waals surface area contributed by atoms with E-state index in [0.29, 0.717) is 23.7 Å². The first-order valence-electron chi connectivity index (χ1n) is 9.13. The van der Waals surface area contributed by atoms with E-state index in [1.807, 2.05) is 7.05 Å². The summed E-state index contributed by atoms with van der Waals surface area (Å²) < 4.78 is 5.41. The summed E-state index contributed by atoms with van der Waals surface area (Å²) in [4.78, 5) is 18.5. The van der Waals surface area contributed by atoms with E-state index in [1.54, 1.807) is 31.3 Å². The number of carbonyl (C=O) groups is 1. The number of ether oxygens (including phenoxy) is 1. The van der Waals surface area contributed by atoms with Gasteiger partial charge in [0.15, 0.2) is 5.96 Å². The zero-order valence-electron chi connectivity index (χ0n) is 15.6. The topological polar surface area (TPSA) is 66.0 Å². The summed E-state index contributed by atoms with van der Waals surface area (Å²) in [5.74, 6) is 1.48. The standard InChI is InChI=1S/C19H29ClN4O2/c1-21-19(24(2)12-7-15-8-13-26-14-9-15)23-11-10-22-18(25)16-3-5-17(20)6-4-16/h3-6,15H,7-14H2,1-2H3,(H,21,23)(H,22,25). The summed E-state index contributed by atoms with van der Waals surface area (Å²) in [6.07, 6.45) is 3.45. The van der Waals surface area contributed by atoms with E-state index < -0.39 is 0 Å². The number of guanidine groups is 1. The normalized spacial score (nSPS) is 15.6. The Hall–Kier alpha value is -1.79. The van der Waals surface area contributed by atoms with Crippen molar-refractivity contribution in [2.45, 2.75) is 19.3 Å². The summed E-state index contributed by atoms with van der Waals surface area (Å²) >= 11 is 5.83. The number of benzene rings is 1. The van der Waals surface area contributed by atoms with Gasteiger partial charge in [-0.3, -0.25) is 9.79 Å². The molecule has 0 bridgehead atoms. The van der Waals surface area contributed by atoms with E-state index in [0.717, 1.165) is 50.9 Å². The monoisotopic (exact) mass is 380 g/mol. The Balaban J connectivity index is 1.65. The van der Waals surface area contributed by atoms with Crippen molar-refractivity contribution in [2.24, 2.45) is 10.9 Å². The number of hydrogen-bond acceptors (Lipinski definition) is 3. The molecule has 0 unspecified atom stereocenters. The molecule has 26 heavy (non-hydrogen) atoms. The fourth-order valence-corrected chi connectivity index (χ4v) is 3.08. The van der Waals surface area contributed by atoms with Gasteiger partial charge in [0.25, 0.3) is 5.91 Å². The Morgan fingerprint density at radius 1 is 1.23 bits per heavy atom. The summed E-state index contributed by atoms with van der Waals surface area (Å²) in [5, 5.41) is 6.80. The van der Waals surface area contributed by atoms with E-state index in [1.165, 1.54) is 0 Å². The van der Waals surface area contributed by atoms with Crippen molar-refractivity contribution in [2.75, 3.05) is 46.9 Å². The smallest absolute Gasteiger partial charge is 0.251 e. The quantitative estimate of drug-likeness (QED) is 0.433. The Morgan fingerprint density at radius 3 is 2.54 bits per heavy atom. The highest BCUT2D eigenvalue weighted by atomic mass is 35.5. The van der Waals surface area contributed by atoms with Gasteiger partial charge in [0.1, 0.15) is 0 Å². The van der Waals surface area contributed by atoms with E-state index in [2.05, 4.69) is 20.5 Å². The second-order valence-corrected chi connectivity index (χ2v) is 6.94. The summed E-state index contributed by atoms with van der Waals surface area (Å²) in [6, 6.07) is 6.86.